The molecule has 0 aliphatic heterocycles. The molecule has 0 heterocycles. The van der Waals surface area contributed by atoms with Crippen LogP contribution in [0.25, 0.3) is 0 Å². The molecule has 0 aliphatic rings. The second-order valence-corrected chi connectivity index (χ2v) is 4.80. The molecule has 3 nitrogen and oxygen atoms in total. The number of aliphatic hydroxyl groups is 1. The zero-order chi connectivity index (χ0) is 14.4. The van der Waals surface area contributed by atoms with Gasteiger partial charge in [-0.05, 0) is 18.1 Å². The predicted molar refractivity (Wildman–Crippen MR) is 79.3 cm³/mol. The van der Waals surface area contributed by atoms with Crippen LogP contribution >= 0.6 is 0 Å². The predicted octanol–water partition coefficient (Wildman–Crippen LogP) is 2.64. The first-order valence-corrected chi connectivity index (χ1v) is 6.74. The molecule has 0 aromatic heterocycles. The molecule has 0 radical (unpaired) electrons. The van der Waals surface area contributed by atoms with E-state index in [1.165, 1.54) is 0 Å². The van der Waals surface area contributed by atoms with E-state index in [-0.39, 0.29) is 18.4 Å². The van der Waals surface area contributed by atoms with E-state index in [1.54, 1.807) is 0 Å². The number of carbonyl (C=O) groups excluding carboxylic acids is 1. The van der Waals surface area contributed by atoms with E-state index in [2.05, 4.69) is 5.32 Å². The van der Waals surface area contributed by atoms with Crippen LogP contribution in [0.3, 0.4) is 0 Å². The molecule has 104 valence electrons. The highest BCUT2D eigenvalue weighted by Crippen LogP contribution is 2.15. The van der Waals surface area contributed by atoms with Crippen molar-refractivity contribution in [3.05, 3.63) is 71.8 Å². The van der Waals surface area contributed by atoms with Gasteiger partial charge in [0.15, 0.2) is 0 Å². The fourth-order valence-corrected chi connectivity index (χ4v) is 2.04. The number of carbonyl (C=O) groups is 1. The number of amides is 1. The molecule has 2 aromatic carbocycles. The van der Waals surface area contributed by atoms with E-state index in [0.29, 0.717) is 0 Å². The van der Waals surface area contributed by atoms with Crippen molar-refractivity contribution in [2.45, 2.75) is 18.9 Å². The van der Waals surface area contributed by atoms with E-state index >= 15 is 0 Å². The number of hydrogen-bond acceptors (Lipinski definition) is 2. The Kier molecular flexibility index (Phi) is 4.91. The summed E-state index contributed by atoms with van der Waals surface area (Å²) in [5, 5.41) is 12.8. The summed E-state index contributed by atoms with van der Waals surface area (Å²) in [6, 6.07) is 18.9. The fourth-order valence-electron chi connectivity index (χ4n) is 2.04. The smallest absolute Gasteiger partial charge is 0.227 e. The molecule has 2 rings (SSSR count). The van der Waals surface area contributed by atoms with Crippen LogP contribution in [0.15, 0.2) is 60.7 Å². The summed E-state index contributed by atoms with van der Waals surface area (Å²) in [7, 11) is 0. The molecular formula is C17H19NO2. The third kappa shape index (κ3) is 3.68. The molecule has 0 spiro atoms. The normalized spacial score (nSPS) is 13.5. The summed E-state index contributed by atoms with van der Waals surface area (Å²) in [6.07, 6.45) is -0.678. The minimum Gasteiger partial charge on any atom is -0.387 e. The summed E-state index contributed by atoms with van der Waals surface area (Å²) in [4.78, 5) is 12.1. The Morgan fingerprint density at radius 1 is 1.00 bits per heavy atom. The molecule has 1 amide bonds. The number of benzene rings is 2. The van der Waals surface area contributed by atoms with E-state index < -0.39 is 6.10 Å². The van der Waals surface area contributed by atoms with Gasteiger partial charge in [-0.3, -0.25) is 4.79 Å². The van der Waals surface area contributed by atoms with Crippen LogP contribution in [0, 0.1) is 0 Å². The lowest BCUT2D eigenvalue weighted by molar-refractivity contribution is -0.122. The standard InChI is InChI=1S/C17H19NO2/c1-13(14-8-4-2-5-9-14)17(20)18-12-16(19)15-10-6-3-7-11-15/h2-11,13,16,19H,12H2,1H3,(H,18,20). The summed E-state index contributed by atoms with van der Waals surface area (Å²) in [5.74, 6) is -0.301. The molecule has 2 atom stereocenters. The number of hydrogen-bond donors (Lipinski definition) is 2. The van der Waals surface area contributed by atoms with Crippen molar-refractivity contribution in [3.63, 3.8) is 0 Å². The lowest BCUT2D eigenvalue weighted by Gasteiger charge is -2.15. The molecule has 3 heteroatoms. The second-order valence-electron chi connectivity index (χ2n) is 4.80. The average Bonchev–Trinajstić information content (AvgIpc) is 2.53. The lowest BCUT2D eigenvalue weighted by Crippen LogP contribution is -2.31. The molecule has 2 unspecified atom stereocenters. The lowest BCUT2D eigenvalue weighted by atomic mass is 10.0. The molecule has 0 saturated heterocycles. The van der Waals surface area contributed by atoms with Gasteiger partial charge in [-0.25, -0.2) is 0 Å². The zero-order valence-electron chi connectivity index (χ0n) is 11.5. The van der Waals surface area contributed by atoms with Crippen LogP contribution in [-0.2, 0) is 4.79 Å². The van der Waals surface area contributed by atoms with Crippen LogP contribution in [0.5, 0.6) is 0 Å². The van der Waals surface area contributed by atoms with Gasteiger partial charge in [0.25, 0.3) is 0 Å². The Bertz CT molecular complexity index is 539. The Morgan fingerprint density at radius 2 is 1.50 bits per heavy atom. The van der Waals surface area contributed by atoms with Crippen molar-refractivity contribution in [1.82, 2.24) is 5.32 Å². The van der Waals surface area contributed by atoms with Gasteiger partial charge in [0, 0.05) is 6.54 Å². The third-order valence-electron chi connectivity index (χ3n) is 3.35. The van der Waals surface area contributed by atoms with E-state index in [1.807, 2.05) is 67.6 Å². The SMILES string of the molecule is CC(C(=O)NCC(O)c1ccccc1)c1ccccc1. The molecule has 0 aliphatic carbocycles. The van der Waals surface area contributed by atoms with Gasteiger partial charge < -0.3 is 10.4 Å². The average molecular weight is 269 g/mol. The first-order chi connectivity index (χ1) is 9.68. The van der Waals surface area contributed by atoms with Crippen LogP contribution in [-0.4, -0.2) is 17.6 Å². The van der Waals surface area contributed by atoms with E-state index in [0.717, 1.165) is 11.1 Å². The maximum absolute atomic E-state index is 12.1. The Hall–Kier alpha value is -2.13. The quantitative estimate of drug-likeness (QED) is 0.876. The first kappa shape index (κ1) is 14.3. The van der Waals surface area contributed by atoms with Gasteiger partial charge in [0.2, 0.25) is 5.91 Å². The largest absolute Gasteiger partial charge is 0.387 e. The van der Waals surface area contributed by atoms with Gasteiger partial charge >= 0.3 is 0 Å². The van der Waals surface area contributed by atoms with Crippen molar-refractivity contribution in [1.29, 1.82) is 0 Å². The molecule has 0 fully saturated rings. The fraction of sp³-hybridized carbons (Fsp3) is 0.235. The summed E-state index contributed by atoms with van der Waals surface area (Å²) >= 11 is 0. The van der Waals surface area contributed by atoms with Gasteiger partial charge in [-0.2, -0.15) is 0 Å². The highest BCUT2D eigenvalue weighted by atomic mass is 16.3. The van der Waals surface area contributed by atoms with E-state index in [9.17, 15) is 9.90 Å². The Balaban J connectivity index is 1.89. The van der Waals surface area contributed by atoms with Crippen LogP contribution < -0.4 is 5.32 Å². The van der Waals surface area contributed by atoms with Gasteiger partial charge in [0.05, 0.1) is 12.0 Å². The van der Waals surface area contributed by atoms with Gasteiger partial charge in [-0.1, -0.05) is 60.7 Å². The topological polar surface area (TPSA) is 49.3 Å². The summed E-state index contributed by atoms with van der Waals surface area (Å²) < 4.78 is 0. The maximum Gasteiger partial charge on any atom is 0.227 e. The van der Waals surface area contributed by atoms with Crippen molar-refractivity contribution >= 4 is 5.91 Å². The monoisotopic (exact) mass is 269 g/mol. The highest BCUT2D eigenvalue weighted by Gasteiger charge is 2.16. The minimum atomic E-state index is -0.678. The number of aliphatic hydroxyl groups excluding tert-OH is 1. The Morgan fingerprint density at radius 3 is 2.05 bits per heavy atom. The third-order valence-corrected chi connectivity index (χ3v) is 3.35. The van der Waals surface area contributed by atoms with Crippen LogP contribution in [0.1, 0.15) is 30.1 Å². The van der Waals surface area contributed by atoms with E-state index in [4.69, 9.17) is 0 Å². The second kappa shape index (κ2) is 6.87. The van der Waals surface area contributed by atoms with Crippen molar-refractivity contribution in [3.8, 4) is 0 Å². The molecule has 2 N–H and O–H groups in total. The highest BCUT2D eigenvalue weighted by molar-refractivity contribution is 5.83. The van der Waals surface area contributed by atoms with Crippen LogP contribution in [0.2, 0.25) is 0 Å². The maximum atomic E-state index is 12.1. The zero-order valence-corrected chi connectivity index (χ0v) is 11.5. The minimum absolute atomic E-state index is 0.0776. The Labute approximate surface area is 119 Å². The first-order valence-electron chi connectivity index (χ1n) is 6.74. The van der Waals surface area contributed by atoms with Crippen molar-refractivity contribution in [2.75, 3.05) is 6.54 Å². The molecule has 20 heavy (non-hydrogen) atoms. The molecule has 2 aromatic rings. The number of rotatable bonds is 5. The van der Waals surface area contributed by atoms with Crippen molar-refractivity contribution < 1.29 is 9.90 Å². The summed E-state index contributed by atoms with van der Waals surface area (Å²) in [6.45, 7) is 2.08. The molecule has 0 saturated carbocycles. The van der Waals surface area contributed by atoms with Gasteiger partial charge in [0.1, 0.15) is 0 Å². The molecule has 0 bridgehead atoms. The van der Waals surface area contributed by atoms with Crippen molar-refractivity contribution in [2.24, 2.45) is 0 Å². The molecular weight excluding hydrogens is 250 g/mol. The summed E-state index contributed by atoms with van der Waals surface area (Å²) in [5.41, 5.74) is 1.78. The number of nitrogens with one attached hydrogen (secondary N) is 1. The van der Waals surface area contributed by atoms with Gasteiger partial charge in [-0.15, -0.1) is 0 Å². The van der Waals surface area contributed by atoms with Crippen LogP contribution in [0.4, 0.5) is 0 Å².